The Hall–Kier alpha value is -2.52. The normalized spacial score (nSPS) is 22.7. The van der Waals surface area contributed by atoms with Gasteiger partial charge >= 0.3 is 0 Å². The van der Waals surface area contributed by atoms with E-state index in [1.165, 1.54) is 6.20 Å². The van der Waals surface area contributed by atoms with Gasteiger partial charge in [-0.15, -0.1) is 0 Å². The van der Waals surface area contributed by atoms with E-state index in [0.717, 1.165) is 25.7 Å². The van der Waals surface area contributed by atoms with Crippen LogP contribution in [0.25, 0.3) is 5.57 Å². The van der Waals surface area contributed by atoms with Crippen LogP contribution in [-0.2, 0) is 11.3 Å². The first-order valence-corrected chi connectivity index (χ1v) is 9.26. The molecule has 9 nitrogen and oxygen atoms in total. The van der Waals surface area contributed by atoms with Gasteiger partial charge in [0.1, 0.15) is 0 Å². The second kappa shape index (κ2) is 8.92. The Morgan fingerprint density at radius 1 is 1.41 bits per heavy atom. The average Bonchev–Trinajstić information content (AvgIpc) is 3.04. The molecule has 2 atom stereocenters. The van der Waals surface area contributed by atoms with Gasteiger partial charge in [0, 0.05) is 37.2 Å². The van der Waals surface area contributed by atoms with E-state index >= 15 is 0 Å². The molecule has 0 spiro atoms. The predicted octanol–water partition coefficient (Wildman–Crippen LogP) is 0.419. The number of nitrogens with two attached hydrogens (primary N) is 2. The Morgan fingerprint density at radius 2 is 2.22 bits per heavy atom. The number of allylic oxidation sites excluding steroid dienone is 1. The summed E-state index contributed by atoms with van der Waals surface area (Å²) in [5.41, 5.74) is 14.2. The molecule has 1 aliphatic heterocycles. The molecule has 9 heteroatoms. The summed E-state index contributed by atoms with van der Waals surface area (Å²) in [6, 6.07) is 0.189. The molecule has 27 heavy (non-hydrogen) atoms. The van der Waals surface area contributed by atoms with E-state index in [-0.39, 0.29) is 18.0 Å². The van der Waals surface area contributed by atoms with Crippen LogP contribution in [0.2, 0.25) is 0 Å². The number of amides is 1. The fourth-order valence-corrected chi connectivity index (χ4v) is 3.39. The molecule has 0 bridgehead atoms. The highest BCUT2D eigenvalue weighted by Crippen LogP contribution is 2.25. The minimum absolute atomic E-state index is 0.0685. The van der Waals surface area contributed by atoms with Crippen LogP contribution in [0.4, 0.5) is 5.95 Å². The molecule has 2 heterocycles. The van der Waals surface area contributed by atoms with Crippen LogP contribution in [0.5, 0.6) is 0 Å². The van der Waals surface area contributed by atoms with Gasteiger partial charge in [-0.25, -0.2) is 9.97 Å². The summed E-state index contributed by atoms with van der Waals surface area (Å²) < 4.78 is 4.99. The van der Waals surface area contributed by atoms with Crippen molar-refractivity contribution in [3.8, 4) is 0 Å². The summed E-state index contributed by atoms with van der Waals surface area (Å²) >= 11 is 0. The summed E-state index contributed by atoms with van der Waals surface area (Å²) in [5.74, 6) is 0.262. The third-order valence-electron chi connectivity index (χ3n) is 4.87. The number of aromatic nitrogens is 2. The van der Waals surface area contributed by atoms with E-state index in [0.29, 0.717) is 48.2 Å². The Balaban J connectivity index is 1.90. The third-order valence-corrected chi connectivity index (χ3v) is 4.87. The minimum Gasteiger partial charge on any atom is -0.404 e. The fraction of sp³-hybridized carbons (Fsp3) is 0.556. The monoisotopic (exact) mass is 373 g/mol. The topological polar surface area (TPSA) is 141 Å². The minimum atomic E-state index is -0.203. The van der Waals surface area contributed by atoms with Crippen molar-refractivity contribution < 1.29 is 9.53 Å². The van der Waals surface area contributed by atoms with Crippen LogP contribution in [0.3, 0.4) is 0 Å². The van der Waals surface area contributed by atoms with Crippen molar-refractivity contribution in [2.75, 3.05) is 25.6 Å². The molecule has 0 saturated heterocycles. The molecule has 0 aromatic carbocycles. The largest absolute Gasteiger partial charge is 0.404 e. The number of nitrogens with zero attached hydrogens (tertiary/aromatic N) is 3. The second-order valence-corrected chi connectivity index (χ2v) is 6.75. The highest BCUT2D eigenvalue weighted by atomic mass is 16.5. The lowest BCUT2D eigenvalue weighted by Crippen LogP contribution is -2.43. The van der Waals surface area contributed by atoms with Crippen LogP contribution >= 0.6 is 0 Å². The number of fused-ring (bicyclic) bond motifs is 1. The van der Waals surface area contributed by atoms with E-state index in [9.17, 15) is 4.79 Å². The van der Waals surface area contributed by atoms with Crippen molar-refractivity contribution in [3.63, 3.8) is 0 Å². The lowest BCUT2D eigenvalue weighted by Gasteiger charge is -2.29. The second-order valence-electron chi connectivity index (χ2n) is 6.75. The van der Waals surface area contributed by atoms with Gasteiger partial charge in [-0.05, 0) is 12.8 Å². The third kappa shape index (κ3) is 4.42. The molecule has 1 saturated carbocycles. The summed E-state index contributed by atoms with van der Waals surface area (Å²) in [6.07, 6.45) is 7.25. The van der Waals surface area contributed by atoms with Gasteiger partial charge in [-0.1, -0.05) is 12.8 Å². The molecule has 3 rings (SSSR count). The number of methoxy groups -OCH3 is 1. The number of hydrogen-bond acceptors (Lipinski definition) is 8. The van der Waals surface area contributed by atoms with Gasteiger partial charge in [-0.2, -0.15) is 0 Å². The number of carbonyl (C=O) groups is 1. The maximum atomic E-state index is 12.3. The van der Waals surface area contributed by atoms with Crippen molar-refractivity contribution in [1.29, 1.82) is 0 Å². The molecule has 0 radical (unpaired) electrons. The van der Waals surface area contributed by atoms with Crippen LogP contribution in [0.15, 0.2) is 11.2 Å². The maximum absolute atomic E-state index is 12.3. The molecular formula is C18H27N7O2. The Bertz CT molecular complexity index is 747. The Labute approximate surface area is 158 Å². The highest BCUT2D eigenvalue weighted by molar-refractivity contribution is 6.14. The number of anilines is 1. The standard InChI is InChI=1S/C18H27N7O2/c1-27-7-6-21-9-11(8-19)16-15-14(10-22-17(15)26)24-18(25-16)23-13-5-3-2-4-12(13)20/h8-9,12-13H,2-7,10,19-20H2,1H3,(H,22,26)(H,23,24,25)/b11-8+,21-9?/t12-,13+/m0/s1. The van der Waals surface area contributed by atoms with Crippen molar-refractivity contribution in [3.05, 3.63) is 23.2 Å². The number of nitrogens with one attached hydrogen (secondary N) is 2. The smallest absolute Gasteiger partial charge is 0.255 e. The molecule has 1 aromatic heterocycles. The summed E-state index contributed by atoms with van der Waals surface area (Å²) in [4.78, 5) is 25.7. The van der Waals surface area contributed by atoms with Crippen LogP contribution < -0.4 is 22.1 Å². The molecule has 1 fully saturated rings. The van der Waals surface area contributed by atoms with E-state index in [1.54, 1.807) is 13.3 Å². The molecule has 6 N–H and O–H groups in total. The first kappa shape index (κ1) is 19.2. The van der Waals surface area contributed by atoms with E-state index in [1.807, 2.05) is 0 Å². The van der Waals surface area contributed by atoms with Crippen molar-refractivity contribution in [2.45, 2.75) is 44.3 Å². The summed E-state index contributed by atoms with van der Waals surface area (Å²) in [6.45, 7) is 1.37. The molecule has 0 unspecified atom stereocenters. The van der Waals surface area contributed by atoms with Crippen LogP contribution in [0, 0.1) is 0 Å². The van der Waals surface area contributed by atoms with Gasteiger partial charge in [0.25, 0.3) is 5.91 Å². The number of rotatable bonds is 7. The highest BCUT2D eigenvalue weighted by Gasteiger charge is 2.29. The van der Waals surface area contributed by atoms with Gasteiger partial charge in [0.05, 0.1) is 36.6 Å². The lowest BCUT2D eigenvalue weighted by atomic mass is 9.91. The number of aliphatic imine (C=N–C) groups is 1. The lowest BCUT2D eigenvalue weighted by molar-refractivity contribution is 0.0965. The first-order chi connectivity index (χ1) is 13.1. The first-order valence-electron chi connectivity index (χ1n) is 9.26. The zero-order valence-electron chi connectivity index (χ0n) is 15.6. The average molecular weight is 373 g/mol. The van der Waals surface area contributed by atoms with Crippen molar-refractivity contribution >= 4 is 23.6 Å². The van der Waals surface area contributed by atoms with Crippen molar-refractivity contribution in [1.82, 2.24) is 15.3 Å². The molecule has 1 aliphatic carbocycles. The van der Waals surface area contributed by atoms with Crippen LogP contribution in [-0.4, -0.2) is 54.4 Å². The van der Waals surface area contributed by atoms with E-state index < -0.39 is 0 Å². The van der Waals surface area contributed by atoms with Gasteiger partial charge < -0.3 is 26.8 Å². The molecule has 146 valence electrons. The molecule has 1 amide bonds. The summed E-state index contributed by atoms with van der Waals surface area (Å²) in [5, 5.41) is 6.15. The molecule has 1 aromatic rings. The summed E-state index contributed by atoms with van der Waals surface area (Å²) in [7, 11) is 1.62. The number of ether oxygens (including phenoxy) is 1. The predicted molar refractivity (Wildman–Crippen MR) is 104 cm³/mol. The number of carbonyl (C=O) groups excluding carboxylic acids is 1. The van der Waals surface area contributed by atoms with Crippen LogP contribution in [0.1, 0.15) is 47.4 Å². The van der Waals surface area contributed by atoms with Gasteiger partial charge in [0.15, 0.2) is 0 Å². The van der Waals surface area contributed by atoms with E-state index in [2.05, 4.69) is 25.6 Å². The fourth-order valence-electron chi connectivity index (χ4n) is 3.39. The molecular weight excluding hydrogens is 346 g/mol. The SMILES string of the molecule is COCCN=C/C(=C\N)c1nc(N[C@@H]2CCCC[C@@H]2N)nc2c1C(=O)NC2. The quantitative estimate of drug-likeness (QED) is 0.401. The van der Waals surface area contributed by atoms with E-state index in [4.69, 9.17) is 16.2 Å². The number of hydrogen-bond donors (Lipinski definition) is 4. The zero-order valence-corrected chi connectivity index (χ0v) is 15.6. The Kier molecular flexibility index (Phi) is 6.36. The maximum Gasteiger partial charge on any atom is 0.255 e. The molecule has 2 aliphatic rings. The van der Waals surface area contributed by atoms with Gasteiger partial charge in [0.2, 0.25) is 5.95 Å². The van der Waals surface area contributed by atoms with Gasteiger partial charge in [-0.3, -0.25) is 9.79 Å². The zero-order chi connectivity index (χ0) is 19.2. The van der Waals surface area contributed by atoms with Crippen molar-refractivity contribution in [2.24, 2.45) is 16.5 Å². The Morgan fingerprint density at radius 3 is 2.96 bits per heavy atom.